The average molecular weight is 177 g/mol. The molecule has 0 saturated carbocycles. The maximum absolute atomic E-state index is 11.2. The molecule has 0 unspecified atom stereocenters. The van der Waals surface area contributed by atoms with Gasteiger partial charge in [-0.05, 0) is 11.6 Å². The van der Waals surface area contributed by atoms with Gasteiger partial charge >= 0.3 is 5.97 Å². The van der Waals surface area contributed by atoms with Crippen molar-refractivity contribution in [2.45, 2.75) is 0 Å². The molecule has 0 radical (unpaired) electrons. The molecule has 11 heavy (non-hydrogen) atoms. The predicted molar refractivity (Wildman–Crippen MR) is 33.6 cm³/mol. The molecule has 0 N–H and O–H groups in total. The molecule has 1 rings (SSSR count). The molecular weight excluding hydrogens is 175 g/mol. The van der Waals surface area contributed by atoms with Crippen molar-refractivity contribution in [3.05, 3.63) is 23.2 Å². The van der Waals surface area contributed by atoms with Crippen LogP contribution in [0.3, 0.4) is 0 Å². The Balaban J connectivity index is 2.90. The normalized spacial score (nSPS) is 9.27. The number of halogens is 2. The predicted octanol–water partition coefficient (Wildman–Crippen LogP) is 1.17. The summed E-state index contributed by atoms with van der Waals surface area (Å²) in [7, 11) is 0. The molecule has 0 spiro atoms. The molecule has 0 aliphatic heterocycles. The van der Waals surface area contributed by atoms with Crippen molar-refractivity contribution in [1.82, 2.24) is 9.97 Å². The molecule has 1 aromatic heterocycles. The van der Waals surface area contributed by atoms with Crippen LogP contribution in [0.2, 0.25) is 5.28 Å². The molecule has 1 heterocycles. The van der Waals surface area contributed by atoms with Crippen molar-refractivity contribution in [1.29, 1.82) is 0 Å². The van der Waals surface area contributed by atoms with E-state index in [1.165, 1.54) is 0 Å². The van der Waals surface area contributed by atoms with Gasteiger partial charge in [-0.1, -0.05) is 0 Å². The summed E-state index contributed by atoms with van der Waals surface area (Å²) in [6.45, 7) is 0. The van der Waals surface area contributed by atoms with Gasteiger partial charge in [-0.15, -0.1) is 0 Å². The summed E-state index contributed by atoms with van der Waals surface area (Å²) in [5, 5.41) is -0.0135. The minimum absolute atomic E-state index is 0.0135. The van der Waals surface area contributed by atoms with Crippen molar-refractivity contribution in [2.75, 3.05) is 0 Å². The molecule has 0 fully saturated rings. The number of nitrogens with zero attached hydrogens (tertiary/aromatic N) is 2. The zero-order valence-corrected chi connectivity index (χ0v) is 5.88. The van der Waals surface area contributed by atoms with E-state index in [2.05, 4.69) is 14.9 Å². The molecule has 58 valence electrons. The molecule has 0 aromatic carbocycles. The fourth-order valence-corrected chi connectivity index (χ4v) is 0.560. The Labute approximate surface area is 65.9 Å². The highest BCUT2D eigenvalue weighted by atomic mass is 35.5. The first-order valence-corrected chi connectivity index (χ1v) is 2.92. The van der Waals surface area contributed by atoms with Crippen LogP contribution < -0.4 is 0 Å². The zero-order chi connectivity index (χ0) is 8.27. The number of carbonyl (C=O) groups is 1. The van der Waals surface area contributed by atoms with Gasteiger partial charge in [0, 0.05) is 16.9 Å². The monoisotopic (exact) mass is 176 g/mol. The number of hydrogen-bond donors (Lipinski definition) is 0. The standard InChI is InChI=1S/C5H2ClFN2O2/c6-5-8-1-3(2-9-5)4(10)11-7/h1-2H. The summed E-state index contributed by atoms with van der Waals surface area (Å²) < 4.78 is 11.2. The van der Waals surface area contributed by atoms with Crippen molar-refractivity contribution in [2.24, 2.45) is 0 Å². The Hall–Kier alpha value is -1.23. The van der Waals surface area contributed by atoms with E-state index in [0.29, 0.717) is 0 Å². The van der Waals surface area contributed by atoms with E-state index < -0.39 is 5.97 Å². The van der Waals surface area contributed by atoms with Crippen LogP contribution >= 0.6 is 11.6 Å². The molecule has 0 aliphatic rings. The minimum atomic E-state index is -1.14. The summed E-state index contributed by atoms with van der Waals surface area (Å²) >= 11 is 5.29. The summed E-state index contributed by atoms with van der Waals surface area (Å²) in [5.74, 6) is -1.14. The van der Waals surface area contributed by atoms with Crippen LogP contribution in [0.25, 0.3) is 0 Å². The third-order valence-electron chi connectivity index (χ3n) is 0.926. The van der Waals surface area contributed by atoms with Crippen LogP contribution in [0.4, 0.5) is 4.53 Å². The first-order valence-electron chi connectivity index (χ1n) is 2.54. The second kappa shape index (κ2) is 3.25. The molecule has 1 aromatic rings. The summed E-state index contributed by atoms with van der Waals surface area (Å²) in [6.07, 6.45) is 2.13. The maximum Gasteiger partial charge on any atom is 0.382 e. The third kappa shape index (κ3) is 1.84. The number of rotatable bonds is 1. The summed E-state index contributed by atoms with van der Waals surface area (Å²) in [4.78, 5) is 20.2. The number of hydrogen-bond acceptors (Lipinski definition) is 4. The van der Waals surface area contributed by atoms with Gasteiger partial charge in [-0.3, -0.25) is 0 Å². The quantitative estimate of drug-likeness (QED) is 0.603. The molecule has 0 amide bonds. The SMILES string of the molecule is O=C(OF)c1cnc(Cl)nc1. The lowest BCUT2D eigenvalue weighted by Gasteiger charge is -1.91. The fraction of sp³-hybridized carbons (Fsp3) is 0. The first-order chi connectivity index (χ1) is 5.24. The fourth-order valence-electron chi connectivity index (χ4n) is 0.462. The summed E-state index contributed by atoms with van der Waals surface area (Å²) in [5.41, 5.74) is -0.0862. The van der Waals surface area contributed by atoms with Crippen molar-refractivity contribution < 1.29 is 14.3 Å². The number of carbonyl (C=O) groups excluding carboxylic acids is 1. The largest absolute Gasteiger partial charge is 0.382 e. The Bertz CT molecular complexity index is 264. The lowest BCUT2D eigenvalue weighted by molar-refractivity contribution is -0.0788. The first kappa shape index (κ1) is 7.87. The van der Waals surface area contributed by atoms with Crippen molar-refractivity contribution in [3.63, 3.8) is 0 Å². The molecule has 4 nitrogen and oxygen atoms in total. The molecule has 6 heteroatoms. The van der Waals surface area contributed by atoms with Gasteiger partial charge in [0.25, 0.3) is 0 Å². The van der Waals surface area contributed by atoms with E-state index in [9.17, 15) is 9.32 Å². The molecular formula is C5H2ClFN2O2. The van der Waals surface area contributed by atoms with Crippen LogP contribution in [-0.4, -0.2) is 15.9 Å². The van der Waals surface area contributed by atoms with E-state index >= 15 is 0 Å². The van der Waals surface area contributed by atoms with Gasteiger partial charge < -0.3 is 0 Å². The highest BCUT2D eigenvalue weighted by Crippen LogP contribution is 2.02. The van der Waals surface area contributed by atoms with E-state index in [0.717, 1.165) is 12.4 Å². The lowest BCUT2D eigenvalue weighted by atomic mass is 10.4. The smallest absolute Gasteiger partial charge is 0.249 e. The Kier molecular flexibility index (Phi) is 2.32. The van der Waals surface area contributed by atoms with Gasteiger partial charge in [0.05, 0.1) is 5.56 Å². The van der Waals surface area contributed by atoms with E-state index in [1.54, 1.807) is 0 Å². The third-order valence-corrected chi connectivity index (χ3v) is 1.12. The minimum Gasteiger partial charge on any atom is -0.249 e. The van der Waals surface area contributed by atoms with E-state index in [1.807, 2.05) is 0 Å². The van der Waals surface area contributed by atoms with Crippen LogP contribution in [-0.2, 0) is 4.94 Å². The maximum atomic E-state index is 11.2. The van der Waals surface area contributed by atoms with E-state index in [-0.39, 0.29) is 10.8 Å². The number of aromatic nitrogens is 2. The van der Waals surface area contributed by atoms with Crippen molar-refractivity contribution >= 4 is 17.6 Å². The van der Waals surface area contributed by atoms with E-state index in [4.69, 9.17) is 11.6 Å². The van der Waals surface area contributed by atoms with Gasteiger partial charge in [-0.25, -0.2) is 19.7 Å². The lowest BCUT2D eigenvalue weighted by Crippen LogP contribution is -2.00. The second-order valence-corrected chi connectivity index (χ2v) is 1.94. The molecule has 0 saturated heterocycles. The van der Waals surface area contributed by atoms with Crippen LogP contribution in [0.1, 0.15) is 10.4 Å². The van der Waals surface area contributed by atoms with Crippen LogP contribution in [0.15, 0.2) is 12.4 Å². The average Bonchev–Trinajstić information content (AvgIpc) is 2.05. The van der Waals surface area contributed by atoms with Gasteiger partial charge in [-0.2, -0.15) is 0 Å². The van der Waals surface area contributed by atoms with Crippen LogP contribution in [0.5, 0.6) is 0 Å². The highest BCUT2D eigenvalue weighted by Gasteiger charge is 2.07. The highest BCUT2D eigenvalue weighted by molar-refractivity contribution is 6.28. The molecule has 0 aliphatic carbocycles. The Morgan fingerprint density at radius 1 is 1.55 bits per heavy atom. The Morgan fingerprint density at radius 2 is 2.09 bits per heavy atom. The van der Waals surface area contributed by atoms with Gasteiger partial charge in [0.1, 0.15) is 0 Å². The topological polar surface area (TPSA) is 52.1 Å². The zero-order valence-electron chi connectivity index (χ0n) is 5.12. The van der Waals surface area contributed by atoms with Crippen molar-refractivity contribution in [3.8, 4) is 0 Å². The molecule has 0 atom stereocenters. The van der Waals surface area contributed by atoms with Gasteiger partial charge in [0.15, 0.2) is 0 Å². The molecule has 0 bridgehead atoms. The second-order valence-electron chi connectivity index (χ2n) is 1.61. The van der Waals surface area contributed by atoms with Crippen LogP contribution in [0, 0.1) is 0 Å². The van der Waals surface area contributed by atoms with Gasteiger partial charge in [0.2, 0.25) is 5.28 Å². The summed E-state index contributed by atoms with van der Waals surface area (Å²) in [6, 6.07) is 0. The Morgan fingerprint density at radius 3 is 2.55 bits per heavy atom.